The zero-order chi connectivity index (χ0) is 13.4. The van der Waals surface area contributed by atoms with Crippen molar-refractivity contribution >= 4 is 17.8 Å². The second-order valence-corrected chi connectivity index (χ2v) is 8.93. The first-order valence-corrected chi connectivity index (χ1v) is 10.2. The summed E-state index contributed by atoms with van der Waals surface area (Å²) in [5.41, 5.74) is 0. The summed E-state index contributed by atoms with van der Waals surface area (Å²) in [5, 5.41) is 0. The van der Waals surface area contributed by atoms with Crippen molar-refractivity contribution in [2.75, 3.05) is 0 Å². The van der Waals surface area contributed by atoms with E-state index in [1.165, 1.54) is 0 Å². The summed E-state index contributed by atoms with van der Waals surface area (Å²) >= 11 is 0. The molecule has 0 saturated carbocycles. The lowest BCUT2D eigenvalue weighted by Crippen LogP contribution is -2.21. The highest BCUT2D eigenvalue weighted by molar-refractivity contribution is 6.66. The van der Waals surface area contributed by atoms with Crippen molar-refractivity contribution in [1.82, 2.24) is 0 Å². The Hall–Kier alpha value is 0.0838. The minimum atomic E-state index is -5.41. The summed E-state index contributed by atoms with van der Waals surface area (Å²) in [6.07, 6.45) is 2.81. The Bertz CT molecular complexity index is 194. The van der Waals surface area contributed by atoms with Crippen LogP contribution in [-0.4, -0.2) is 17.8 Å². The Morgan fingerprint density at radius 3 is 1.59 bits per heavy atom. The molecule has 0 bridgehead atoms. The lowest BCUT2D eigenvalue weighted by Gasteiger charge is -2.11. The number of unbranched alkanes of at least 4 members (excludes halogenated alkanes) is 4. The Labute approximate surface area is 102 Å². The molecular formula is C10H21F5Si2. The first-order valence-electron chi connectivity index (χ1n) is 6.21. The van der Waals surface area contributed by atoms with Crippen molar-refractivity contribution in [3.8, 4) is 0 Å². The van der Waals surface area contributed by atoms with Crippen LogP contribution in [0.15, 0.2) is 0 Å². The standard InChI is InChI=1S/C10H21F5Si2/c1-2-3-8-16(11,12)9-6-4-5-7-10-17(13,14)15/h2-10H2,1H3. The van der Waals surface area contributed by atoms with E-state index in [4.69, 9.17) is 0 Å². The molecule has 0 aliphatic heterocycles. The van der Waals surface area contributed by atoms with Gasteiger partial charge in [-0.05, 0) is 18.5 Å². The summed E-state index contributed by atoms with van der Waals surface area (Å²) in [7, 11) is -9.45. The first kappa shape index (κ1) is 17.1. The summed E-state index contributed by atoms with van der Waals surface area (Å²) < 4.78 is 62.3. The SMILES string of the molecule is CCCC[Si](F)(F)CCCCCC[Si](F)(F)F. The van der Waals surface area contributed by atoms with Crippen LogP contribution in [0.4, 0.5) is 20.5 Å². The van der Waals surface area contributed by atoms with Crippen molar-refractivity contribution < 1.29 is 20.5 Å². The smallest absolute Gasteiger partial charge is 0.270 e. The minimum Gasteiger partial charge on any atom is -0.270 e. The van der Waals surface area contributed by atoms with E-state index in [0.29, 0.717) is 25.7 Å². The van der Waals surface area contributed by atoms with E-state index >= 15 is 0 Å². The number of halogens is 5. The van der Waals surface area contributed by atoms with Gasteiger partial charge >= 0.3 is 17.8 Å². The highest BCUT2D eigenvalue weighted by Gasteiger charge is 2.35. The van der Waals surface area contributed by atoms with Gasteiger partial charge in [-0.3, -0.25) is 8.22 Å². The fraction of sp³-hybridized carbons (Fsp3) is 1.00. The van der Waals surface area contributed by atoms with Crippen LogP contribution in [0.1, 0.15) is 45.4 Å². The highest BCUT2D eigenvalue weighted by Crippen LogP contribution is 2.25. The molecule has 0 aliphatic rings. The van der Waals surface area contributed by atoms with Crippen molar-refractivity contribution in [3.63, 3.8) is 0 Å². The van der Waals surface area contributed by atoms with Crippen LogP contribution in [0.25, 0.3) is 0 Å². The lowest BCUT2D eigenvalue weighted by atomic mass is 10.2. The monoisotopic (exact) mass is 292 g/mol. The van der Waals surface area contributed by atoms with Crippen LogP contribution in [0.2, 0.25) is 18.1 Å². The largest absolute Gasteiger partial charge is 0.616 e. The molecule has 0 nitrogen and oxygen atoms in total. The van der Waals surface area contributed by atoms with E-state index in [-0.39, 0.29) is 18.5 Å². The van der Waals surface area contributed by atoms with E-state index in [1.54, 1.807) is 0 Å². The molecule has 0 radical (unpaired) electrons. The molecule has 0 aliphatic carbocycles. The predicted octanol–water partition coefficient (Wildman–Crippen LogP) is 5.58. The third kappa shape index (κ3) is 12.3. The molecule has 0 saturated heterocycles. The summed E-state index contributed by atoms with van der Waals surface area (Å²) in [4.78, 5) is 0. The molecule has 0 aromatic rings. The van der Waals surface area contributed by atoms with E-state index in [0.717, 1.165) is 6.42 Å². The molecule has 0 atom stereocenters. The van der Waals surface area contributed by atoms with Gasteiger partial charge in [-0.1, -0.05) is 39.0 Å². The third-order valence-electron chi connectivity index (χ3n) is 2.65. The molecule has 0 aromatic heterocycles. The van der Waals surface area contributed by atoms with E-state index in [2.05, 4.69) is 0 Å². The fourth-order valence-electron chi connectivity index (χ4n) is 1.62. The molecular weight excluding hydrogens is 271 g/mol. The zero-order valence-electron chi connectivity index (χ0n) is 10.3. The molecule has 0 heterocycles. The summed E-state index contributed by atoms with van der Waals surface area (Å²) in [5.74, 6) is 0. The van der Waals surface area contributed by atoms with Crippen LogP contribution in [0.5, 0.6) is 0 Å². The van der Waals surface area contributed by atoms with Gasteiger partial charge in [-0.2, -0.15) is 0 Å². The normalized spacial score (nSPS) is 13.1. The maximum absolute atomic E-state index is 13.3. The van der Waals surface area contributed by atoms with Gasteiger partial charge in [0.15, 0.2) is 0 Å². The second kappa shape index (κ2) is 8.23. The number of hydrogen-bond acceptors (Lipinski definition) is 0. The average molecular weight is 292 g/mol. The molecule has 0 amide bonds. The summed E-state index contributed by atoms with van der Waals surface area (Å²) in [6, 6.07) is -0.661. The lowest BCUT2D eigenvalue weighted by molar-refractivity contribution is 0.459. The van der Waals surface area contributed by atoms with Crippen LogP contribution in [-0.2, 0) is 0 Å². The van der Waals surface area contributed by atoms with E-state index in [1.807, 2.05) is 6.92 Å². The molecule has 0 N–H and O–H groups in total. The van der Waals surface area contributed by atoms with Crippen molar-refractivity contribution in [2.24, 2.45) is 0 Å². The van der Waals surface area contributed by atoms with Crippen LogP contribution >= 0.6 is 0 Å². The van der Waals surface area contributed by atoms with Gasteiger partial charge in [-0.15, -0.1) is 0 Å². The average Bonchev–Trinajstić information content (AvgIpc) is 2.19. The number of rotatable bonds is 10. The Kier molecular flexibility index (Phi) is 8.27. The van der Waals surface area contributed by atoms with Gasteiger partial charge in [0.25, 0.3) is 0 Å². The van der Waals surface area contributed by atoms with Crippen molar-refractivity contribution in [3.05, 3.63) is 0 Å². The second-order valence-electron chi connectivity index (χ2n) is 4.49. The van der Waals surface area contributed by atoms with E-state index in [9.17, 15) is 20.5 Å². The van der Waals surface area contributed by atoms with Gasteiger partial charge in [0, 0.05) is 6.04 Å². The minimum absolute atomic E-state index is 0.0406. The Morgan fingerprint density at radius 1 is 0.647 bits per heavy atom. The molecule has 17 heavy (non-hydrogen) atoms. The van der Waals surface area contributed by atoms with Gasteiger partial charge < -0.3 is 0 Å². The molecule has 0 spiro atoms. The quantitative estimate of drug-likeness (QED) is 0.213. The summed E-state index contributed by atoms with van der Waals surface area (Å²) in [6.45, 7) is 1.88. The highest BCUT2D eigenvalue weighted by atomic mass is 28.5. The fourth-order valence-corrected chi connectivity index (χ4v) is 4.16. The van der Waals surface area contributed by atoms with E-state index < -0.39 is 23.9 Å². The maximum Gasteiger partial charge on any atom is 0.616 e. The van der Waals surface area contributed by atoms with Crippen LogP contribution < -0.4 is 0 Å². The molecule has 7 heteroatoms. The van der Waals surface area contributed by atoms with Crippen molar-refractivity contribution in [1.29, 1.82) is 0 Å². The molecule has 0 rings (SSSR count). The van der Waals surface area contributed by atoms with Crippen LogP contribution in [0.3, 0.4) is 0 Å². The Balaban J connectivity index is 3.44. The molecule has 104 valence electrons. The van der Waals surface area contributed by atoms with Crippen LogP contribution in [0, 0.1) is 0 Å². The van der Waals surface area contributed by atoms with Gasteiger partial charge in [0.1, 0.15) is 0 Å². The van der Waals surface area contributed by atoms with Crippen molar-refractivity contribution in [2.45, 2.75) is 63.6 Å². The topological polar surface area (TPSA) is 0 Å². The van der Waals surface area contributed by atoms with Gasteiger partial charge in [0.2, 0.25) is 0 Å². The molecule has 0 fully saturated rings. The maximum atomic E-state index is 13.3. The molecule has 0 aromatic carbocycles. The zero-order valence-corrected chi connectivity index (χ0v) is 12.3. The molecule has 0 unspecified atom stereocenters. The van der Waals surface area contributed by atoms with Gasteiger partial charge in [0.05, 0.1) is 0 Å². The Morgan fingerprint density at radius 2 is 1.12 bits per heavy atom. The van der Waals surface area contributed by atoms with Gasteiger partial charge in [-0.25, -0.2) is 12.3 Å². The predicted molar refractivity (Wildman–Crippen MR) is 64.8 cm³/mol. The third-order valence-corrected chi connectivity index (χ3v) is 5.74. The first-order chi connectivity index (χ1) is 7.77. The number of hydrogen-bond donors (Lipinski definition) is 0.